The monoisotopic (exact) mass is 398 g/mol. The summed E-state index contributed by atoms with van der Waals surface area (Å²) in [7, 11) is 0. The largest absolute Gasteiger partial charge is 0.462 e. The van der Waals surface area contributed by atoms with Crippen LogP contribution in [0, 0.1) is 20.8 Å². The van der Waals surface area contributed by atoms with Crippen molar-refractivity contribution in [3.8, 4) is 11.4 Å². The Hall–Kier alpha value is -2.87. The molecule has 2 heterocycles. The number of hydrogen-bond donors (Lipinski definition) is 2. The number of rotatable bonds is 7. The zero-order chi connectivity index (χ0) is 20.3. The predicted molar refractivity (Wildman–Crippen MR) is 108 cm³/mol. The zero-order valence-corrected chi connectivity index (χ0v) is 17.1. The van der Waals surface area contributed by atoms with Crippen molar-refractivity contribution in [2.45, 2.75) is 32.9 Å². The van der Waals surface area contributed by atoms with Gasteiger partial charge in [0.2, 0.25) is 5.16 Å². The number of Topliss-reactive ketones (excluding diaryl/α,β-unsaturated/α-hetero) is 1. The second-order valence-electron chi connectivity index (χ2n) is 6.39. The highest BCUT2D eigenvalue weighted by molar-refractivity contribution is 7.99. The van der Waals surface area contributed by atoms with Crippen molar-refractivity contribution in [3.05, 3.63) is 52.3 Å². The fourth-order valence-electron chi connectivity index (χ4n) is 2.94. The Morgan fingerprint density at radius 2 is 1.75 bits per heavy atom. The first-order chi connectivity index (χ1) is 13.4. The lowest BCUT2D eigenvalue weighted by atomic mass is 10.1. The molecule has 0 aliphatic carbocycles. The third-order valence-corrected chi connectivity index (χ3v) is 5.10. The molecule has 0 saturated heterocycles. The van der Waals surface area contributed by atoms with Crippen LogP contribution in [0.25, 0.3) is 11.4 Å². The number of nitrogens with one attached hydrogen (secondary N) is 2. The van der Waals surface area contributed by atoms with Gasteiger partial charge >= 0.3 is 5.97 Å². The lowest BCUT2D eigenvalue weighted by Crippen LogP contribution is -2.13. The summed E-state index contributed by atoms with van der Waals surface area (Å²) in [6.45, 7) is 7.54. The molecule has 0 unspecified atom stereocenters. The van der Waals surface area contributed by atoms with Crippen LogP contribution in [0.1, 0.15) is 44.6 Å². The van der Waals surface area contributed by atoms with Crippen LogP contribution >= 0.6 is 11.8 Å². The minimum absolute atomic E-state index is 0.121. The van der Waals surface area contributed by atoms with Gasteiger partial charge in [0.05, 0.1) is 23.5 Å². The van der Waals surface area contributed by atoms with Gasteiger partial charge in [-0.2, -0.15) is 0 Å². The zero-order valence-electron chi connectivity index (χ0n) is 16.3. The van der Waals surface area contributed by atoms with Crippen LogP contribution in [0.4, 0.5) is 0 Å². The number of H-pyrrole nitrogens is 2. The van der Waals surface area contributed by atoms with Crippen molar-refractivity contribution in [2.24, 2.45) is 0 Å². The molecule has 146 valence electrons. The number of hydrogen-bond acceptors (Lipinski definition) is 6. The van der Waals surface area contributed by atoms with Crippen molar-refractivity contribution in [1.29, 1.82) is 0 Å². The van der Waals surface area contributed by atoms with Gasteiger partial charge in [0.15, 0.2) is 11.6 Å². The maximum absolute atomic E-state index is 12.8. The van der Waals surface area contributed by atoms with E-state index in [1.807, 2.05) is 31.2 Å². The van der Waals surface area contributed by atoms with Crippen molar-refractivity contribution in [1.82, 2.24) is 20.2 Å². The molecular weight excluding hydrogens is 376 g/mol. The Kier molecular flexibility index (Phi) is 5.99. The number of esters is 1. The van der Waals surface area contributed by atoms with Gasteiger partial charge in [-0.05, 0) is 27.7 Å². The van der Waals surface area contributed by atoms with Crippen molar-refractivity contribution in [2.75, 3.05) is 12.4 Å². The average molecular weight is 398 g/mol. The predicted octanol–water partition coefficient (Wildman–Crippen LogP) is 3.88. The number of carbonyl (C=O) groups is 2. The average Bonchev–Trinajstić information content (AvgIpc) is 3.24. The first kappa shape index (κ1) is 19.9. The van der Waals surface area contributed by atoms with Gasteiger partial charge < -0.3 is 9.72 Å². The Bertz CT molecular complexity index is 1010. The summed E-state index contributed by atoms with van der Waals surface area (Å²) in [5.41, 5.74) is 4.05. The fourth-order valence-corrected chi connectivity index (χ4v) is 3.61. The molecule has 2 aromatic heterocycles. The molecule has 28 heavy (non-hydrogen) atoms. The lowest BCUT2D eigenvalue weighted by Gasteiger charge is -2.05. The quantitative estimate of drug-likeness (QED) is 0.356. The van der Waals surface area contributed by atoms with E-state index in [-0.39, 0.29) is 18.1 Å². The van der Waals surface area contributed by atoms with Gasteiger partial charge in [-0.25, -0.2) is 9.78 Å². The first-order valence-electron chi connectivity index (χ1n) is 8.92. The van der Waals surface area contributed by atoms with Crippen molar-refractivity contribution in [3.63, 3.8) is 0 Å². The van der Waals surface area contributed by atoms with Crippen LogP contribution < -0.4 is 0 Å². The van der Waals surface area contributed by atoms with E-state index in [1.54, 1.807) is 20.8 Å². The molecule has 0 atom stereocenters. The van der Waals surface area contributed by atoms with Crippen LogP contribution in [0.15, 0.2) is 29.4 Å². The molecule has 3 aromatic rings. The Balaban J connectivity index is 1.73. The minimum atomic E-state index is -0.489. The third kappa shape index (κ3) is 4.17. The van der Waals surface area contributed by atoms with Crippen molar-refractivity contribution >= 4 is 23.5 Å². The Labute approximate surface area is 167 Å². The lowest BCUT2D eigenvalue weighted by molar-refractivity contribution is 0.0522. The molecule has 0 aliphatic rings. The van der Waals surface area contributed by atoms with E-state index >= 15 is 0 Å². The van der Waals surface area contributed by atoms with Gasteiger partial charge in [0, 0.05) is 17.0 Å². The summed E-state index contributed by atoms with van der Waals surface area (Å²) >= 11 is 1.22. The molecule has 7 nitrogen and oxygen atoms in total. The summed E-state index contributed by atoms with van der Waals surface area (Å²) < 4.78 is 5.09. The van der Waals surface area contributed by atoms with Crippen LogP contribution in [0.3, 0.4) is 0 Å². The number of carbonyl (C=O) groups excluding carboxylic acids is 2. The number of aromatic amines is 2. The highest BCUT2D eigenvalue weighted by atomic mass is 32.2. The second kappa shape index (κ2) is 8.43. The molecule has 0 radical (unpaired) electrons. The number of ether oxygens (including phenoxy) is 1. The molecule has 0 aliphatic heterocycles. The molecule has 0 spiro atoms. The number of nitrogens with zero attached hydrogens (tertiary/aromatic N) is 2. The van der Waals surface area contributed by atoms with E-state index in [4.69, 9.17) is 4.74 Å². The Morgan fingerprint density at radius 1 is 1.07 bits per heavy atom. The van der Waals surface area contributed by atoms with Gasteiger partial charge in [-0.15, -0.1) is 5.10 Å². The minimum Gasteiger partial charge on any atom is -0.462 e. The number of benzene rings is 1. The molecular formula is C20H22N4O3S. The summed E-state index contributed by atoms with van der Waals surface area (Å²) in [5.74, 6) is 0.111. The second-order valence-corrected chi connectivity index (χ2v) is 7.33. The van der Waals surface area contributed by atoms with Crippen molar-refractivity contribution < 1.29 is 14.3 Å². The van der Waals surface area contributed by atoms with Gasteiger partial charge in [-0.1, -0.05) is 41.6 Å². The van der Waals surface area contributed by atoms with Gasteiger partial charge in [-0.3, -0.25) is 9.89 Å². The normalized spacial score (nSPS) is 10.9. The highest BCUT2D eigenvalue weighted by Crippen LogP contribution is 2.24. The molecule has 1 aromatic carbocycles. The van der Waals surface area contributed by atoms with Gasteiger partial charge in [0.25, 0.3) is 0 Å². The summed E-state index contributed by atoms with van der Waals surface area (Å²) in [5, 5.41) is 7.54. The smallest absolute Gasteiger partial charge is 0.340 e. The maximum Gasteiger partial charge on any atom is 0.340 e. The molecule has 2 N–H and O–H groups in total. The highest BCUT2D eigenvalue weighted by Gasteiger charge is 2.25. The number of ketones is 1. The number of aryl methyl sites for hydroxylation is 3. The van der Waals surface area contributed by atoms with Crippen LogP contribution in [-0.4, -0.2) is 44.3 Å². The maximum atomic E-state index is 12.8. The fraction of sp³-hybridized carbons (Fsp3) is 0.300. The van der Waals surface area contributed by atoms with Gasteiger partial charge in [0.1, 0.15) is 0 Å². The molecule has 0 fully saturated rings. The van der Waals surface area contributed by atoms with E-state index in [9.17, 15) is 9.59 Å². The number of aromatic nitrogens is 4. The van der Waals surface area contributed by atoms with Crippen LogP contribution in [0.5, 0.6) is 0 Å². The molecule has 0 saturated carbocycles. The molecule has 0 bridgehead atoms. The molecule has 3 rings (SSSR count). The SMILES string of the molecule is CCOC(=O)c1c(C)[nH]c(C)c1C(=O)CSc1n[nH]c(-c2ccc(C)cc2)n1. The number of thioether (sulfide) groups is 1. The van der Waals surface area contributed by atoms with Crippen LogP contribution in [0.2, 0.25) is 0 Å². The first-order valence-corrected chi connectivity index (χ1v) is 9.91. The molecule has 0 amide bonds. The van der Waals surface area contributed by atoms with E-state index in [2.05, 4.69) is 20.2 Å². The summed E-state index contributed by atoms with van der Waals surface area (Å²) in [6, 6.07) is 7.93. The summed E-state index contributed by atoms with van der Waals surface area (Å²) in [4.78, 5) is 32.5. The summed E-state index contributed by atoms with van der Waals surface area (Å²) in [6.07, 6.45) is 0. The standard InChI is InChI=1S/C20H22N4O3S/c1-5-27-19(26)17-13(4)21-12(3)16(17)15(25)10-28-20-22-18(23-24-20)14-8-6-11(2)7-9-14/h6-9,21H,5,10H2,1-4H3,(H,22,23,24). The van der Waals surface area contributed by atoms with E-state index in [1.165, 1.54) is 11.8 Å². The van der Waals surface area contributed by atoms with Crippen LogP contribution in [-0.2, 0) is 4.74 Å². The third-order valence-electron chi connectivity index (χ3n) is 4.26. The molecule has 8 heteroatoms. The van der Waals surface area contributed by atoms with E-state index in [0.717, 1.165) is 11.1 Å². The van der Waals surface area contributed by atoms with E-state index < -0.39 is 5.97 Å². The Morgan fingerprint density at radius 3 is 2.43 bits per heavy atom. The van der Waals surface area contributed by atoms with E-state index in [0.29, 0.717) is 33.5 Å². The topological polar surface area (TPSA) is 101 Å².